The molecule has 1 N–H and O–H groups in total. The number of nitrogens with zero attached hydrogens (tertiary/aromatic N) is 6. The molecule has 0 unspecified atom stereocenters. The Bertz CT molecular complexity index is 2140. The highest BCUT2D eigenvalue weighted by Gasteiger charge is 2.60. The van der Waals surface area contributed by atoms with Crippen LogP contribution in [-0.4, -0.2) is 52.0 Å². The minimum absolute atomic E-state index is 0.246. The molecule has 2 aromatic carbocycles. The molecule has 2 amide bonds. The molecule has 6 aromatic rings. The minimum Gasteiger partial charge on any atom is -0.390 e. The summed E-state index contributed by atoms with van der Waals surface area (Å²) in [6, 6.07) is 20.5. The van der Waals surface area contributed by atoms with Crippen molar-refractivity contribution in [3.63, 3.8) is 0 Å². The second-order valence-corrected chi connectivity index (χ2v) is 12.8. The first kappa shape index (κ1) is 26.6. The standard InChI is InChI=1S/C34H26N6O3S/c1-19(2)24-15-27-35-16-25-30(40(27)38-24)37-28(29(36-25)26-9-6-14-44-26)20-10-12-21(13-11-20)34(17-33(3,43)18-34)39-31(41)22-7-4-5-8-23(22)32(39)42/h4-16,43H,1,17-18H2,2-3H3. The number of carbonyl (C=O) groups excluding carboxylic acids is 2. The van der Waals surface area contributed by atoms with E-state index >= 15 is 0 Å². The summed E-state index contributed by atoms with van der Waals surface area (Å²) < 4.78 is 1.69. The molecule has 2 aliphatic rings. The lowest BCUT2D eigenvalue weighted by atomic mass is 9.61. The molecule has 0 atom stereocenters. The van der Waals surface area contributed by atoms with E-state index in [0.717, 1.165) is 33.0 Å². The van der Waals surface area contributed by atoms with E-state index in [9.17, 15) is 14.7 Å². The number of amides is 2. The molecule has 1 fully saturated rings. The molecule has 9 nitrogen and oxygen atoms in total. The molecule has 0 radical (unpaired) electrons. The van der Waals surface area contributed by atoms with Gasteiger partial charge < -0.3 is 5.11 Å². The lowest BCUT2D eigenvalue weighted by molar-refractivity contribution is -0.118. The van der Waals surface area contributed by atoms with Gasteiger partial charge in [0.05, 0.1) is 44.7 Å². The molecule has 8 rings (SSSR count). The highest BCUT2D eigenvalue weighted by atomic mass is 32.1. The second-order valence-electron chi connectivity index (χ2n) is 11.9. The maximum Gasteiger partial charge on any atom is 0.262 e. The van der Waals surface area contributed by atoms with Gasteiger partial charge in [0.1, 0.15) is 11.2 Å². The number of hydrogen-bond acceptors (Lipinski definition) is 8. The zero-order chi connectivity index (χ0) is 30.4. The summed E-state index contributed by atoms with van der Waals surface area (Å²) in [5.41, 5.74) is 5.17. The van der Waals surface area contributed by atoms with Crippen LogP contribution in [-0.2, 0) is 5.54 Å². The van der Waals surface area contributed by atoms with Gasteiger partial charge in [0.2, 0.25) is 0 Å². The Balaban J connectivity index is 1.26. The van der Waals surface area contributed by atoms with E-state index in [-0.39, 0.29) is 24.7 Å². The smallest absolute Gasteiger partial charge is 0.262 e. The van der Waals surface area contributed by atoms with Crippen LogP contribution in [0.2, 0.25) is 0 Å². The predicted molar refractivity (Wildman–Crippen MR) is 168 cm³/mol. The van der Waals surface area contributed by atoms with Gasteiger partial charge in [-0.25, -0.2) is 15.0 Å². The number of fused-ring (bicyclic) bond motifs is 4. The van der Waals surface area contributed by atoms with Crippen molar-refractivity contribution >= 4 is 45.5 Å². The van der Waals surface area contributed by atoms with Crippen LogP contribution in [0.3, 0.4) is 0 Å². The molecule has 44 heavy (non-hydrogen) atoms. The molecule has 1 aliphatic heterocycles. The first-order chi connectivity index (χ1) is 21.1. The van der Waals surface area contributed by atoms with Crippen molar-refractivity contribution in [2.24, 2.45) is 0 Å². The van der Waals surface area contributed by atoms with Crippen molar-refractivity contribution in [1.29, 1.82) is 0 Å². The Morgan fingerprint density at radius 3 is 2.27 bits per heavy atom. The van der Waals surface area contributed by atoms with E-state index in [1.165, 1.54) is 4.90 Å². The Hall–Kier alpha value is -5.06. The SMILES string of the molecule is C=C(C)c1cc2ncc3nc(-c4cccs4)c(-c4ccc(C5(N6C(=O)c7ccccc7C6=O)CC(C)(O)C5)cc4)nc3n2n1. The number of benzene rings is 2. The van der Waals surface area contributed by atoms with E-state index in [1.807, 2.05) is 54.8 Å². The topological polar surface area (TPSA) is 114 Å². The van der Waals surface area contributed by atoms with Gasteiger partial charge in [-0.3, -0.25) is 14.5 Å². The fraction of sp³-hybridized carbons (Fsp3) is 0.176. The van der Waals surface area contributed by atoms with Crippen LogP contribution >= 0.6 is 11.3 Å². The van der Waals surface area contributed by atoms with Crippen molar-refractivity contribution in [3.8, 4) is 21.8 Å². The monoisotopic (exact) mass is 598 g/mol. The highest BCUT2D eigenvalue weighted by molar-refractivity contribution is 7.13. The van der Waals surface area contributed by atoms with Crippen LogP contribution in [0, 0.1) is 0 Å². The quantitative estimate of drug-likeness (QED) is 0.237. The summed E-state index contributed by atoms with van der Waals surface area (Å²) in [4.78, 5) is 44.1. The summed E-state index contributed by atoms with van der Waals surface area (Å²) in [6.07, 6.45) is 2.20. The van der Waals surface area contributed by atoms with Gasteiger partial charge in [-0.05, 0) is 48.6 Å². The van der Waals surface area contributed by atoms with Crippen molar-refractivity contribution in [2.45, 2.75) is 37.8 Å². The Morgan fingerprint density at radius 2 is 1.66 bits per heavy atom. The van der Waals surface area contributed by atoms with Crippen LogP contribution in [0.4, 0.5) is 0 Å². The van der Waals surface area contributed by atoms with Gasteiger partial charge in [-0.15, -0.1) is 11.3 Å². The van der Waals surface area contributed by atoms with E-state index in [1.54, 1.807) is 53.2 Å². The molecule has 216 valence electrons. The van der Waals surface area contributed by atoms with Crippen molar-refractivity contribution in [1.82, 2.24) is 29.5 Å². The lowest BCUT2D eigenvalue weighted by Gasteiger charge is -2.55. The van der Waals surface area contributed by atoms with Crippen LogP contribution in [0.15, 0.2) is 84.9 Å². The van der Waals surface area contributed by atoms with E-state index in [0.29, 0.717) is 33.6 Å². The number of carbonyl (C=O) groups is 2. The molecule has 4 aromatic heterocycles. The molecule has 5 heterocycles. The average Bonchev–Trinajstić information content (AvgIpc) is 3.75. The van der Waals surface area contributed by atoms with Crippen molar-refractivity contribution < 1.29 is 14.7 Å². The molecule has 0 spiro atoms. The Kier molecular flexibility index (Phi) is 5.56. The van der Waals surface area contributed by atoms with Crippen LogP contribution in [0.1, 0.15) is 58.7 Å². The molecule has 10 heteroatoms. The van der Waals surface area contributed by atoms with E-state index in [4.69, 9.17) is 9.97 Å². The van der Waals surface area contributed by atoms with Crippen LogP contribution < -0.4 is 0 Å². The fourth-order valence-corrected chi connectivity index (χ4v) is 7.35. The lowest BCUT2D eigenvalue weighted by Crippen LogP contribution is -2.63. The van der Waals surface area contributed by atoms with Crippen molar-refractivity contribution in [3.05, 3.63) is 107 Å². The van der Waals surface area contributed by atoms with Gasteiger partial charge in [-0.2, -0.15) is 9.61 Å². The van der Waals surface area contributed by atoms with Crippen LogP contribution in [0.5, 0.6) is 0 Å². The summed E-state index contributed by atoms with van der Waals surface area (Å²) in [6.45, 7) is 7.65. The highest BCUT2D eigenvalue weighted by Crippen LogP contribution is 2.54. The molecule has 0 saturated heterocycles. The molecular weight excluding hydrogens is 572 g/mol. The largest absolute Gasteiger partial charge is 0.390 e. The zero-order valence-corrected chi connectivity index (χ0v) is 24.8. The summed E-state index contributed by atoms with van der Waals surface area (Å²) in [5, 5.41) is 17.6. The van der Waals surface area contributed by atoms with Gasteiger partial charge in [0, 0.05) is 24.5 Å². The molecular formula is C34H26N6O3S. The molecule has 0 bridgehead atoms. The van der Waals surface area contributed by atoms with Gasteiger partial charge in [0.25, 0.3) is 11.8 Å². The first-order valence-electron chi connectivity index (χ1n) is 14.2. The number of hydrogen-bond donors (Lipinski definition) is 1. The normalized spacial score (nSPS) is 21.2. The first-order valence-corrected chi connectivity index (χ1v) is 15.1. The Morgan fingerprint density at radius 1 is 0.955 bits per heavy atom. The van der Waals surface area contributed by atoms with Gasteiger partial charge >= 0.3 is 0 Å². The summed E-state index contributed by atoms with van der Waals surface area (Å²) in [7, 11) is 0. The predicted octanol–water partition coefficient (Wildman–Crippen LogP) is 6.14. The maximum atomic E-state index is 13.6. The van der Waals surface area contributed by atoms with E-state index < -0.39 is 11.1 Å². The van der Waals surface area contributed by atoms with Gasteiger partial charge in [0.15, 0.2) is 11.3 Å². The molecule has 1 saturated carbocycles. The third-order valence-corrected chi connectivity index (χ3v) is 9.45. The average molecular weight is 599 g/mol. The number of thiophene rings is 1. The fourth-order valence-electron chi connectivity index (χ4n) is 6.64. The van der Waals surface area contributed by atoms with E-state index in [2.05, 4.69) is 16.7 Å². The minimum atomic E-state index is -1.00. The van der Waals surface area contributed by atoms with Gasteiger partial charge in [-0.1, -0.05) is 49.0 Å². The molecule has 1 aliphatic carbocycles. The zero-order valence-electron chi connectivity index (χ0n) is 24.0. The Labute approximate surface area is 256 Å². The second kappa shape index (κ2) is 9.22. The third kappa shape index (κ3) is 3.81. The maximum absolute atomic E-state index is 13.6. The number of aromatic nitrogens is 5. The third-order valence-electron chi connectivity index (χ3n) is 8.57. The summed E-state index contributed by atoms with van der Waals surface area (Å²) >= 11 is 1.57. The number of rotatable bonds is 5. The number of aliphatic hydroxyl groups is 1. The van der Waals surface area contributed by atoms with Crippen molar-refractivity contribution in [2.75, 3.05) is 0 Å². The number of allylic oxidation sites excluding steroid dienone is 1. The van der Waals surface area contributed by atoms with Crippen LogP contribution in [0.25, 0.3) is 44.2 Å². The number of imide groups is 1. The summed E-state index contributed by atoms with van der Waals surface area (Å²) in [5.74, 6) is -0.673.